The maximum Gasteiger partial charge on any atom is 0.249 e. The van der Waals surface area contributed by atoms with Crippen molar-refractivity contribution in [2.45, 2.75) is 19.5 Å². The van der Waals surface area contributed by atoms with Crippen molar-refractivity contribution in [1.29, 1.82) is 0 Å². The average molecular weight is 272 g/mol. The number of nitrogens with two attached hydrogens (primary N) is 1. The number of benzene rings is 2. The van der Waals surface area contributed by atoms with E-state index in [1.54, 1.807) is 18.2 Å². The number of nitrogens with one attached hydrogen (secondary N) is 1. The molecule has 1 atom stereocenters. The molecule has 0 bridgehead atoms. The van der Waals surface area contributed by atoms with Crippen LogP contribution in [0.1, 0.15) is 34.5 Å². The molecule has 0 saturated heterocycles. The number of carbonyl (C=O) groups is 1. The molecule has 104 valence electrons. The van der Waals surface area contributed by atoms with Gasteiger partial charge >= 0.3 is 0 Å². The molecular formula is C16H17FN2O. The van der Waals surface area contributed by atoms with E-state index >= 15 is 0 Å². The smallest absolute Gasteiger partial charge is 0.249 e. The van der Waals surface area contributed by atoms with Gasteiger partial charge in [0.05, 0.1) is 0 Å². The predicted octanol–water partition coefficient (Wildman–Crippen LogP) is 2.78. The second-order valence-electron chi connectivity index (χ2n) is 4.68. The molecule has 0 fully saturated rings. The van der Waals surface area contributed by atoms with Gasteiger partial charge < -0.3 is 11.1 Å². The highest BCUT2D eigenvalue weighted by atomic mass is 19.1. The van der Waals surface area contributed by atoms with Crippen LogP contribution in [0.15, 0.2) is 48.5 Å². The summed E-state index contributed by atoms with van der Waals surface area (Å²) in [5.74, 6) is -0.700. The lowest BCUT2D eigenvalue weighted by Gasteiger charge is -2.15. The largest absolute Gasteiger partial charge is 0.366 e. The fourth-order valence-electron chi connectivity index (χ4n) is 2.07. The van der Waals surface area contributed by atoms with Gasteiger partial charge in [0, 0.05) is 18.2 Å². The molecule has 2 rings (SSSR count). The van der Waals surface area contributed by atoms with Crippen molar-refractivity contribution in [3.05, 3.63) is 71.0 Å². The number of rotatable bonds is 5. The van der Waals surface area contributed by atoms with Crippen LogP contribution in [0.3, 0.4) is 0 Å². The summed E-state index contributed by atoms with van der Waals surface area (Å²) in [5.41, 5.74) is 7.54. The van der Waals surface area contributed by atoms with E-state index in [0.717, 1.165) is 11.1 Å². The standard InChI is InChI=1S/C16H17FN2O/c1-11(12-6-4-7-14(17)9-12)19-10-13-5-2-3-8-15(13)16(18)20/h2-9,11,19H,10H2,1H3,(H2,18,20)/t11-/m1/s1. The summed E-state index contributed by atoms with van der Waals surface area (Å²) in [6, 6.07) is 13.6. The summed E-state index contributed by atoms with van der Waals surface area (Å²) in [4.78, 5) is 11.3. The molecule has 4 heteroatoms. The van der Waals surface area contributed by atoms with Crippen molar-refractivity contribution < 1.29 is 9.18 Å². The number of primary amides is 1. The third-order valence-corrected chi connectivity index (χ3v) is 3.23. The van der Waals surface area contributed by atoms with E-state index in [0.29, 0.717) is 12.1 Å². The van der Waals surface area contributed by atoms with Crippen molar-refractivity contribution >= 4 is 5.91 Å². The Kier molecular flexibility index (Phi) is 4.48. The molecule has 2 aromatic rings. The van der Waals surface area contributed by atoms with Crippen LogP contribution in [-0.2, 0) is 6.54 Å². The molecule has 0 aliphatic heterocycles. The minimum Gasteiger partial charge on any atom is -0.366 e. The van der Waals surface area contributed by atoms with Crippen molar-refractivity contribution in [1.82, 2.24) is 5.32 Å². The van der Waals surface area contributed by atoms with Crippen LogP contribution >= 0.6 is 0 Å². The van der Waals surface area contributed by atoms with E-state index in [9.17, 15) is 9.18 Å². The molecule has 2 aromatic carbocycles. The van der Waals surface area contributed by atoms with Crippen LogP contribution in [-0.4, -0.2) is 5.91 Å². The third kappa shape index (κ3) is 3.42. The minimum absolute atomic E-state index is 0.0216. The first kappa shape index (κ1) is 14.2. The molecule has 0 saturated carbocycles. The third-order valence-electron chi connectivity index (χ3n) is 3.23. The summed E-state index contributed by atoms with van der Waals surface area (Å²) in [5, 5.41) is 3.26. The van der Waals surface area contributed by atoms with E-state index in [2.05, 4.69) is 5.32 Å². The van der Waals surface area contributed by atoms with E-state index < -0.39 is 5.91 Å². The zero-order valence-corrected chi connectivity index (χ0v) is 11.3. The summed E-state index contributed by atoms with van der Waals surface area (Å²) in [7, 11) is 0. The maximum absolute atomic E-state index is 13.2. The summed E-state index contributed by atoms with van der Waals surface area (Å²) >= 11 is 0. The van der Waals surface area contributed by atoms with Gasteiger partial charge in [-0.05, 0) is 36.2 Å². The normalized spacial score (nSPS) is 12.1. The van der Waals surface area contributed by atoms with Gasteiger partial charge in [-0.2, -0.15) is 0 Å². The number of halogens is 1. The molecule has 0 spiro atoms. The van der Waals surface area contributed by atoms with Crippen molar-refractivity contribution in [2.24, 2.45) is 5.73 Å². The first-order valence-corrected chi connectivity index (χ1v) is 6.44. The quantitative estimate of drug-likeness (QED) is 0.879. The fourth-order valence-corrected chi connectivity index (χ4v) is 2.07. The Balaban J connectivity index is 2.07. The maximum atomic E-state index is 13.2. The topological polar surface area (TPSA) is 55.1 Å². The zero-order chi connectivity index (χ0) is 14.5. The van der Waals surface area contributed by atoms with Gasteiger partial charge in [-0.25, -0.2) is 4.39 Å². The van der Waals surface area contributed by atoms with Gasteiger partial charge in [0.2, 0.25) is 5.91 Å². The highest BCUT2D eigenvalue weighted by molar-refractivity contribution is 5.94. The highest BCUT2D eigenvalue weighted by Gasteiger charge is 2.09. The molecule has 20 heavy (non-hydrogen) atoms. The Labute approximate surface area is 117 Å². The van der Waals surface area contributed by atoms with Crippen LogP contribution in [0.2, 0.25) is 0 Å². The van der Waals surface area contributed by atoms with Gasteiger partial charge in [-0.3, -0.25) is 4.79 Å². The highest BCUT2D eigenvalue weighted by Crippen LogP contribution is 2.15. The first-order chi connectivity index (χ1) is 9.58. The van der Waals surface area contributed by atoms with E-state index in [1.165, 1.54) is 12.1 Å². The van der Waals surface area contributed by atoms with Crippen LogP contribution in [0.25, 0.3) is 0 Å². The Morgan fingerprint density at radius 3 is 2.70 bits per heavy atom. The Morgan fingerprint density at radius 2 is 2.00 bits per heavy atom. The predicted molar refractivity (Wildman–Crippen MR) is 76.6 cm³/mol. The van der Waals surface area contributed by atoms with Crippen LogP contribution < -0.4 is 11.1 Å². The second-order valence-corrected chi connectivity index (χ2v) is 4.68. The van der Waals surface area contributed by atoms with Crippen molar-refractivity contribution in [3.63, 3.8) is 0 Å². The molecule has 3 nitrogen and oxygen atoms in total. The van der Waals surface area contributed by atoms with Crippen LogP contribution in [0.5, 0.6) is 0 Å². The summed E-state index contributed by atoms with van der Waals surface area (Å²) in [6.07, 6.45) is 0. The fraction of sp³-hybridized carbons (Fsp3) is 0.188. The monoisotopic (exact) mass is 272 g/mol. The molecule has 0 aromatic heterocycles. The number of hydrogen-bond acceptors (Lipinski definition) is 2. The van der Waals surface area contributed by atoms with Crippen LogP contribution in [0.4, 0.5) is 4.39 Å². The van der Waals surface area contributed by atoms with Gasteiger partial charge in [0.1, 0.15) is 5.82 Å². The lowest BCUT2D eigenvalue weighted by atomic mass is 10.1. The summed E-state index contributed by atoms with van der Waals surface area (Å²) < 4.78 is 13.2. The number of amides is 1. The number of carbonyl (C=O) groups excluding carboxylic acids is 1. The Hall–Kier alpha value is -2.20. The molecule has 3 N–H and O–H groups in total. The van der Waals surface area contributed by atoms with E-state index in [1.807, 2.05) is 25.1 Å². The van der Waals surface area contributed by atoms with Crippen LogP contribution in [0, 0.1) is 5.82 Å². The molecule has 1 amide bonds. The van der Waals surface area contributed by atoms with Crippen molar-refractivity contribution in [3.8, 4) is 0 Å². The lowest BCUT2D eigenvalue weighted by Crippen LogP contribution is -2.21. The van der Waals surface area contributed by atoms with Gasteiger partial charge in [-0.1, -0.05) is 30.3 Å². The van der Waals surface area contributed by atoms with Gasteiger partial charge in [0.25, 0.3) is 0 Å². The Morgan fingerprint density at radius 1 is 1.25 bits per heavy atom. The second kappa shape index (κ2) is 6.30. The SMILES string of the molecule is C[C@@H](NCc1ccccc1C(N)=O)c1cccc(F)c1. The van der Waals surface area contributed by atoms with Gasteiger partial charge in [-0.15, -0.1) is 0 Å². The minimum atomic E-state index is -0.444. The van der Waals surface area contributed by atoms with E-state index in [-0.39, 0.29) is 11.9 Å². The van der Waals surface area contributed by atoms with Crippen molar-refractivity contribution in [2.75, 3.05) is 0 Å². The summed E-state index contributed by atoms with van der Waals surface area (Å²) in [6.45, 7) is 2.44. The van der Waals surface area contributed by atoms with E-state index in [4.69, 9.17) is 5.73 Å². The number of hydrogen-bond donors (Lipinski definition) is 2. The molecule has 0 aliphatic carbocycles. The Bertz CT molecular complexity index is 613. The molecule has 0 aliphatic rings. The molecule has 0 heterocycles. The average Bonchev–Trinajstić information content (AvgIpc) is 2.45. The first-order valence-electron chi connectivity index (χ1n) is 6.44. The van der Waals surface area contributed by atoms with Gasteiger partial charge in [0.15, 0.2) is 0 Å². The zero-order valence-electron chi connectivity index (χ0n) is 11.3. The molecule has 0 unspecified atom stereocenters. The molecule has 0 radical (unpaired) electrons. The lowest BCUT2D eigenvalue weighted by molar-refractivity contribution is 0.0999. The molecular weight excluding hydrogens is 255 g/mol.